The summed E-state index contributed by atoms with van der Waals surface area (Å²) in [6, 6.07) is 16.9. The molecule has 6 heteroatoms. The van der Waals surface area contributed by atoms with Crippen LogP contribution in [0.4, 0.5) is 0 Å². The zero-order valence-electron chi connectivity index (χ0n) is 15.1. The van der Waals surface area contributed by atoms with Crippen molar-refractivity contribution in [1.82, 2.24) is 4.98 Å². The van der Waals surface area contributed by atoms with Crippen molar-refractivity contribution in [2.75, 3.05) is 0 Å². The molecule has 6 nitrogen and oxygen atoms in total. The number of hydrogen-bond acceptors (Lipinski definition) is 5. The predicted octanol–water partition coefficient (Wildman–Crippen LogP) is 5.07. The number of rotatable bonds is 6. The van der Waals surface area contributed by atoms with Gasteiger partial charge in [-0.25, -0.2) is 9.78 Å². The van der Waals surface area contributed by atoms with Crippen LogP contribution >= 0.6 is 0 Å². The quantitative estimate of drug-likeness (QED) is 0.473. The molecule has 0 aliphatic carbocycles. The van der Waals surface area contributed by atoms with E-state index < -0.39 is 5.97 Å². The van der Waals surface area contributed by atoms with Crippen LogP contribution in [0.2, 0.25) is 0 Å². The SMILES string of the molecule is Cc1oc(-c2ccccc2)nc1COc1ccc2cc(/C=C/C(=O)O)oc2c1. The van der Waals surface area contributed by atoms with Crippen LogP contribution < -0.4 is 4.74 Å². The minimum atomic E-state index is -1.03. The number of aryl methyl sites for hydroxylation is 1. The van der Waals surface area contributed by atoms with Crippen molar-refractivity contribution in [3.8, 4) is 17.2 Å². The summed E-state index contributed by atoms with van der Waals surface area (Å²) in [6.45, 7) is 2.12. The van der Waals surface area contributed by atoms with E-state index in [9.17, 15) is 4.79 Å². The normalized spacial score (nSPS) is 11.3. The molecule has 0 fully saturated rings. The third kappa shape index (κ3) is 3.81. The number of furan rings is 1. The van der Waals surface area contributed by atoms with E-state index in [-0.39, 0.29) is 6.61 Å². The van der Waals surface area contributed by atoms with E-state index in [0.29, 0.717) is 28.7 Å². The second-order valence-corrected chi connectivity index (χ2v) is 6.20. The maximum Gasteiger partial charge on any atom is 0.328 e. The van der Waals surface area contributed by atoms with E-state index in [4.69, 9.17) is 18.7 Å². The molecule has 2 heterocycles. The number of carboxylic acids is 1. The average molecular weight is 375 g/mol. The zero-order valence-corrected chi connectivity index (χ0v) is 15.1. The Hall–Kier alpha value is -3.80. The highest BCUT2D eigenvalue weighted by molar-refractivity contribution is 5.87. The third-order valence-corrected chi connectivity index (χ3v) is 4.19. The topological polar surface area (TPSA) is 85.7 Å². The molecule has 0 unspecified atom stereocenters. The highest BCUT2D eigenvalue weighted by Gasteiger charge is 2.12. The monoisotopic (exact) mass is 375 g/mol. The Kier molecular flexibility index (Phi) is 4.68. The number of aliphatic carboxylic acids is 1. The summed E-state index contributed by atoms with van der Waals surface area (Å²) in [5.41, 5.74) is 2.25. The molecule has 0 spiro atoms. The van der Waals surface area contributed by atoms with Crippen LogP contribution in [-0.4, -0.2) is 16.1 Å². The first-order valence-electron chi connectivity index (χ1n) is 8.67. The van der Waals surface area contributed by atoms with Crippen molar-refractivity contribution in [2.24, 2.45) is 0 Å². The van der Waals surface area contributed by atoms with Crippen LogP contribution in [0.1, 0.15) is 17.2 Å². The summed E-state index contributed by atoms with van der Waals surface area (Å²) in [4.78, 5) is 15.1. The lowest BCUT2D eigenvalue weighted by molar-refractivity contribution is -0.131. The summed E-state index contributed by atoms with van der Waals surface area (Å²) in [7, 11) is 0. The average Bonchev–Trinajstić information content (AvgIpc) is 3.28. The summed E-state index contributed by atoms with van der Waals surface area (Å²) < 4.78 is 17.2. The van der Waals surface area contributed by atoms with Gasteiger partial charge in [0, 0.05) is 23.1 Å². The molecule has 0 saturated heterocycles. The minimum absolute atomic E-state index is 0.264. The summed E-state index contributed by atoms with van der Waals surface area (Å²) in [6.07, 6.45) is 2.44. The van der Waals surface area contributed by atoms with E-state index >= 15 is 0 Å². The van der Waals surface area contributed by atoms with Crippen LogP contribution in [-0.2, 0) is 11.4 Å². The molecule has 28 heavy (non-hydrogen) atoms. The molecule has 0 saturated carbocycles. The minimum Gasteiger partial charge on any atom is -0.487 e. The van der Waals surface area contributed by atoms with Crippen LogP contribution in [0.3, 0.4) is 0 Å². The van der Waals surface area contributed by atoms with Gasteiger partial charge in [0.05, 0.1) is 0 Å². The van der Waals surface area contributed by atoms with Gasteiger partial charge in [0.25, 0.3) is 0 Å². The van der Waals surface area contributed by atoms with E-state index in [1.165, 1.54) is 6.08 Å². The van der Waals surface area contributed by atoms with Crippen molar-refractivity contribution in [1.29, 1.82) is 0 Å². The van der Waals surface area contributed by atoms with Crippen LogP contribution in [0.5, 0.6) is 5.75 Å². The summed E-state index contributed by atoms with van der Waals surface area (Å²) in [5, 5.41) is 9.57. The standard InChI is InChI=1S/C22H17NO5/c1-14-19(23-22(27-14)15-5-3-2-4-6-15)13-26-17-8-7-16-11-18(9-10-21(24)25)28-20(16)12-17/h2-12H,13H2,1H3,(H,24,25)/b10-9+. The van der Waals surface area contributed by atoms with Crippen molar-refractivity contribution in [3.63, 3.8) is 0 Å². The van der Waals surface area contributed by atoms with Gasteiger partial charge in [-0.1, -0.05) is 18.2 Å². The molecule has 2 aromatic heterocycles. The highest BCUT2D eigenvalue weighted by atomic mass is 16.5. The third-order valence-electron chi connectivity index (χ3n) is 4.19. The number of fused-ring (bicyclic) bond motifs is 1. The number of carboxylic acid groups (broad SMARTS) is 1. The second-order valence-electron chi connectivity index (χ2n) is 6.20. The number of aromatic nitrogens is 1. The van der Waals surface area contributed by atoms with Gasteiger partial charge in [-0.3, -0.25) is 0 Å². The predicted molar refractivity (Wildman–Crippen MR) is 104 cm³/mol. The molecule has 0 bridgehead atoms. The molecule has 0 aliphatic rings. The fraction of sp³-hybridized carbons (Fsp3) is 0.0909. The van der Waals surface area contributed by atoms with Gasteiger partial charge in [0.15, 0.2) is 0 Å². The summed E-state index contributed by atoms with van der Waals surface area (Å²) >= 11 is 0. The number of carbonyl (C=O) groups is 1. The lowest BCUT2D eigenvalue weighted by Crippen LogP contribution is -1.97. The van der Waals surface area contributed by atoms with Gasteiger partial charge in [-0.15, -0.1) is 0 Å². The zero-order chi connectivity index (χ0) is 19.5. The number of hydrogen-bond donors (Lipinski definition) is 1. The second kappa shape index (κ2) is 7.44. The fourth-order valence-electron chi connectivity index (χ4n) is 2.78. The van der Waals surface area contributed by atoms with Gasteiger partial charge < -0.3 is 18.7 Å². The fourth-order valence-corrected chi connectivity index (χ4v) is 2.78. The van der Waals surface area contributed by atoms with Crippen LogP contribution in [0.15, 0.2) is 69.5 Å². The molecular weight excluding hydrogens is 358 g/mol. The Morgan fingerprint density at radius 2 is 1.96 bits per heavy atom. The first kappa shape index (κ1) is 17.6. The van der Waals surface area contributed by atoms with Crippen molar-refractivity contribution >= 4 is 23.0 Å². The van der Waals surface area contributed by atoms with E-state index in [1.807, 2.05) is 49.4 Å². The van der Waals surface area contributed by atoms with Crippen molar-refractivity contribution < 1.29 is 23.5 Å². The molecule has 140 valence electrons. The van der Waals surface area contributed by atoms with Crippen molar-refractivity contribution in [3.05, 3.63) is 77.9 Å². The number of benzene rings is 2. The molecule has 0 atom stereocenters. The van der Waals surface area contributed by atoms with Crippen LogP contribution in [0.25, 0.3) is 28.5 Å². The smallest absolute Gasteiger partial charge is 0.328 e. The van der Waals surface area contributed by atoms with E-state index in [0.717, 1.165) is 22.7 Å². The molecule has 0 radical (unpaired) electrons. The highest BCUT2D eigenvalue weighted by Crippen LogP contribution is 2.27. The molecule has 4 rings (SSSR count). The molecular formula is C22H17NO5. The first-order chi connectivity index (χ1) is 13.6. The maximum absolute atomic E-state index is 10.6. The van der Waals surface area contributed by atoms with E-state index in [1.54, 1.807) is 12.1 Å². The molecule has 0 aliphatic heterocycles. The van der Waals surface area contributed by atoms with Gasteiger partial charge in [-0.05, 0) is 43.3 Å². The Bertz CT molecular complexity index is 1150. The lowest BCUT2D eigenvalue weighted by Gasteiger charge is -2.04. The first-order valence-corrected chi connectivity index (χ1v) is 8.67. The van der Waals surface area contributed by atoms with E-state index in [2.05, 4.69) is 4.98 Å². The van der Waals surface area contributed by atoms with Gasteiger partial charge in [0.1, 0.15) is 35.2 Å². The Balaban J connectivity index is 1.50. The van der Waals surface area contributed by atoms with Gasteiger partial charge in [0.2, 0.25) is 5.89 Å². The number of ether oxygens (including phenoxy) is 1. The number of nitrogens with zero attached hydrogens (tertiary/aromatic N) is 1. The van der Waals surface area contributed by atoms with Crippen molar-refractivity contribution in [2.45, 2.75) is 13.5 Å². The molecule has 0 amide bonds. The molecule has 2 aromatic carbocycles. The number of oxazole rings is 1. The molecule has 1 N–H and O–H groups in total. The Labute approximate surface area is 160 Å². The van der Waals surface area contributed by atoms with Crippen LogP contribution in [0, 0.1) is 6.92 Å². The summed E-state index contributed by atoms with van der Waals surface area (Å²) in [5.74, 6) is 1.34. The molecule has 4 aromatic rings. The lowest BCUT2D eigenvalue weighted by atomic mass is 10.2. The Morgan fingerprint density at radius 3 is 2.75 bits per heavy atom. The largest absolute Gasteiger partial charge is 0.487 e. The van der Waals surface area contributed by atoms with Gasteiger partial charge >= 0.3 is 5.97 Å². The van der Waals surface area contributed by atoms with Gasteiger partial charge in [-0.2, -0.15) is 0 Å². The maximum atomic E-state index is 10.6. The Morgan fingerprint density at radius 1 is 1.14 bits per heavy atom.